The van der Waals surface area contributed by atoms with Gasteiger partial charge in [-0.05, 0) is 25.0 Å². The summed E-state index contributed by atoms with van der Waals surface area (Å²) in [5.41, 5.74) is 0.0848. The first kappa shape index (κ1) is 14.7. The topological polar surface area (TPSA) is 114 Å². The minimum absolute atomic E-state index is 0.158. The van der Waals surface area contributed by atoms with E-state index in [-0.39, 0.29) is 24.1 Å². The fraction of sp³-hybridized carbons (Fsp3) is 0.357. The Bertz CT molecular complexity index is 605. The molecule has 0 atom stereocenters. The lowest BCUT2D eigenvalue weighted by Gasteiger charge is -2.21. The third-order valence-corrected chi connectivity index (χ3v) is 3.19. The first-order chi connectivity index (χ1) is 10.0. The summed E-state index contributed by atoms with van der Waals surface area (Å²) in [4.78, 5) is 24.5. The summed E-state index contributed by atoms with van der Waals surface area (Å²) < 4.78 is 0. The number of hydrogen-bond donors (Lipinski definition) is 3. The van der Waals surface area contributed by atoms with Crippen LogP contribution in [0, 0.1) is 11.3 Å². The first-order valence-electron chi connectivity index (χ1n) is 6.54. The molecule has 1 saturated carbocycles. The molecule has 7 nitrogen and oxygen atoms in total. The van der Waals surface area contributed by atoms with E-state index in [0.717, 1.165) is 12.8 Å². The Hall–Kier alpha value is -2.75. The number of nitriles is 1. The van der Waals surface area contributed by atoms with Crippen molar-refractivity contribution in [2.24, 2.45) is 0 Å². The van der Waals surface area contributed by atoms with Crippen LogP contribution in [0.1, 0.15) is 29.6 Å². The number of anilines is 1. The van der Waals surface area contributed by atoms with E-state index in [1.807, 2.05) is 6.07 Å². The van der Waals surface area contributed by atoms with Gasteiger partial charge in [-0.3, -0.25) is 0 Å². The number of nitrogens with one attached hydrogen (secondary N) is 1. The van der Waals surface area contributed by atoms with Crippen LogP contribution in [-0.2, 0) is 0 Å². The molecule has 1 fully saturated rings. The lowest BCUT2D eigenvalue weighted by Crippen LogP contribution is -2.37. The summed E-state index contributed by atoms with van der Waals surface area (Å²) in [5, 5.41) is 29.6. The van der Waals surface area contributed by atoms with E-state index < -0.39 is 11.7 Å². The third-order valence-electron chi connectivity index (χ3n) is 3.19. The van der Waals surface area contributed by atoms with Crippen molar-refractivity contribution in [3.8, 4) is 11.8 Å². The summed E-state index contributed by atoms with van der Waals surface area (Å²) in [6.45, 7) is 0.353. The Morgan fingerprint density at radius 2 is 2.14 bits per heavy atom. The van der Waals surface area contributed by atoms with Crippen molar-refractivity contribution in [1.82, 2.24) is 4.90 Å². The van der Waals surface area contributed by atoms with Gasteiger partial charge in [0.05, 0.1) is 12.5 Å². The average molecular weight is 289 g/mol. The van der Waals surface area contributed by atoms with Crippen LogP contribution in [-0.4, -0.2) is 39.7 Å². The van der Waals surface area contributed by atoms with Gasteiger partial charge in [0.2, 0.25) is 0 Å². The molecule has 110 valence electrons. The van der Waals surface area contributed by atoms with Crippen LogP contribution in [0.25, 0.3) is 0 Å². The van der Waals surface area contributed by atoms with E-state index in [0.29, 0.717) is 12.2 Å². The molecule has 0 saturated heterocycles. The first-order valence-corrected chi connectivity index (χ1v) is 6.54. The molecule has 0 radical (unpaired) electrons. The van der Waals surface area contributed by atoms with Gasteiger partial charge < -0.3 is 20.4 Å². The molecule has 0 unspecified atom stereocenters. The van der Waals surface area contributed by atoms with Crippen molar-refractivity contribution in [1.29, 1.82) is 5.26 Å². The van der Waals surface area contributed by atoms with Crippen LogP contribution in [0.2, 0.25) is 0 Å². The smallest absolute Gasteiger partial charge is 0.339 e. The van der Waals surface area contributed by atoms with Gasteiger partial charge in [0.25, 0.3) is 0 Å². The summed E-state index contributed by atoms with van der Waals surface area (Å²) >= 11 is 0. The summed E-state index contributed by atoms with van der Waals surface area (Å²) in [7, 11) is 0. The highest BCUT2D eigenvalue weighted by Gasteiger charge is 2.32. The lowest BCUT2D eigenvalue weighted by molar-refractivity contribution is 0.0694. The molecular weight excluding hydrogens is 274 g/mol. The van der Waals surface area contributed by atoms with Crippen molar-refractivity contribution in [2.75, 3.05) is 11.9 Å². The largest absolute Gasteiger partial charge is 0.507 e. The average Bonchev–Trinajstić information content (AvgIpc) is 3.23. The van der Waals surface area contributed by atoms with E-state index in [4.69, 9.17) is 10.4 Å². The van der Waals surface area contributed by atoms with Crippen molar-refractivity contribution >= 4 is 17.7 Å². The Balaban J connectivity index is 2.06. The van der Waals surface area contributed by atoms with Gasteiger partial charge in [-0.2, -0.15) is 5.26 Å². The third kappa shape index (κ3) is 3.63. The number of aromatic hydroxyl groups is 1. The van der Waals surface area contributed by atoms with Gasteiger partial charge in [0.15, 0.2) is 0 Å². The van der Waals surface area contributed by atoms with E-state index >= 15 is 0 Å². The Morgan fingerprint density at radius 3 is 2.67 bits per heavy atom. The quantitative estimate of drug-likeness (QED) is 0.767. The van der Waals surface area contributed by atoms with Crippen LogP contribution < -0.4 is 5.32 Å². The van der Waals surface area contributed by atoms with Gasteiger partial charge in [0, 0.05) is 24.3 Å². The minimum Gasteiger partial charge on any atom is -0.507 e. The number of amides is 2. The number of rotatable bonds is 5. The zero-order chi connectivity index (χ0) is 15.4. The van der Waals surface area contributed by atoms with Crippen molar-refractivity contribution < 1.29 is 19.8 Å². The number of urea groups is 1. The van der Waals surface area contributed by atoms with E-state index in [2.05, 4.69) is 5.32 Å². The molecule has 2 amide bonds. The molecule has 1 aromatic carbocycles. The van der Waals surface area contributed by atoms with E-state index in [1.54, 1.807) is 4.90 Å². The number of nitrogens with zero attached hydrogens (tertiary/aromatic N) is 2. The molecule has 0 aliphatic heterocycles. The second-order valence-electron chi connectivity index (χ2n) is 4.80. The monoisotopic (exact) mass is 289 g/mol. The molecule has 0 heterocycles. The highest BCUT2D eigenvalue weighted by Crippen LogP contribution is 2.28. The maximum Gasteiger partial charge on any atom is 0.339 e. The molecule has 1 aromatic rings. The second kappa shape index (κ2) is 6.13. The van der Waals surface area contributed by atoms with Gasteiger partial charge in [-0.15, -0.1) is 0 Å². The van der Waals surface area contributed by atoms with Gasteiger partial charge in [-0.1, -0.05) is 0 Å². The maximum atomic E-state index is 12.1. The molecule has 2 rings (SSSR count). The summed E-state index contributed by atoms with van der Waals surface area (Å²) in [6.07, 6.45) is 2.09. The number of phenols is 1. The maximum absolute atomic E-state index is 12.1. The molecule has 21 heavy (non-hydrogen) atoms. The number of aromatic carboxylic acids is 1. The van der Waals surface area contributed by atoms with Gasteiger partial charge in [-0.25, -0.2) is 9.59 Å². The Labute approximate surface area is 121 Å². The van der Waals surface area contributed by atoms with Crippen molar-refractivity contribution in [3.63, 3.8) is 0 Å². The number of benzene rings is 1. The fourth-order valence-corrected chi connectivity index (χ4v) is 1.99. The molecule has 3 N–H and O–H groups in total. The highest BCUT2D eigenvalue weighted by molar-refractivity contribution is 5.94. The number of carbonyl (C=O) groups is 2. The van der Waals surface area contributed by atoms with Gasteiger partial charge >= 0.3 is 12.0 Å². The molecule has 0 bridgehead atoms. The molecular formula is C14H15N3O4. The molecule has 1 aliphatic rings. The van der Waals surface area contributed by atoms with Crippen molar-refractivity contribution in [2.45, 2.75) is 25.3 Å². The predicted octanol–water partition coefficient (Wildman–Crippen LogP) is 2.00. The van der Waals surface area contributed by atoms with Crippen molar-refractivity contribution in [3.05, 3.63) is 23.8 Å². The van der Waals surface area contributed by atoms with Crippen LogP contribution in [0.15, 0.2) is 18.2 Å². The van der Waals surface area contributed by atoms with Crippen LogP contribution >= 0.6 is 0 Å². The number of carbonyl (C=O) groups excluding carboxylic acids is 1. The molecule has 0 spiro atoms. The Kier molecular flexibility index (Phi) is 4.28. The number of carboxylic acids is 1. The molecule has 7 heteroatoms. The second-order valence-corrected chi connectivity index (χ2v) is 4.80. The van der Waals surface area contributed by atoms with Gasteiger partial charge in [0.1, 0.15) is 11.3 Å². The molecule has 0 aromatic heterocycles. The van der Waals surface area contributed by atoms with E-state index in [1.165, 1.54) is 18.2 Å². The van der Waals surface area contributed by atoms with Crippen LogP contribution in [0.4, 0.5) is 10.5 Å². The standard InChI is InChI=1S/C14H15N3O4/c15-6-1-7-17(10-3-4-10)14(21)16-9-2-5-11(13(19)20)12(18)8-9/h2,5,8,10,18H,1,3-4,7H2,(H,16,21)(H,19,20). The highest BCUT2D eigenvalue weighted by atomic mass is 16.4. The van der Waals surface area contributed by atoms with Crippen LogP contribution in [0.3, 0.4) is 0 Å². The summed E-state index contributed by atoms with van der Waals surface area (Å²) in [5.74, 6) is -1.64. The zero-order valence-electron chi connectivity index (χ0n) is 11.2. The van der Waals surface area contributed by atoms with E-state index in [9.17, 15) is 14.7 Å². The number of hydrogen-bond acceptors (Lipinski definition) is 4. The number of carboxylic acid groups (broad SMARTS) is 1. The summed E-state index contributed by atoms with van der Waals surface area (Å²) in [6, 6.07) is 5.64. The van der Waals surface area contributed by atoms with Crippen LogP contribution in [0.5, 0.6) is 5.75 Å². The fourth-order valence-electron chi connectivity index (χ4n) is 1.99. The normalized spacial score (nSPS) is 13.3. The zero-order valence-corrected chi connectivity index (χ0v) is 11.2. The minimum atomic E-state index is -1.24. The lowest BCUT2D eigenvalue weighted by atomic mass is 10.2. The predicted molar refractivity (Wildman–Crippen MR) is 74.0 cm³/mol. The SMILES string of the molecule is N#CCCN(C(=O)Nc1ccc(C(=O)O)c(O)c1)C1CC1. The Morgan fingerprint density at radius 1 is 1.43 bits per heavy atom. The molecule has 1 aliphatic carbocycles.